The molecule has 0 aliphatic carbocycles. The Bertz CT molecular complexity index is 6720. The van der Waals surface area contributed by atoms with E-state index in [0.29, 0.717) is 83.4 Å². The topological polar surface area (TPSA) is 494 Å². The van der Waals surface area contributed by atoms with Crippen LogP contribution in [0.4, 0.5) is 55.3 Å². The van der Waals surface area contributed by atoms with Crippen LogP contribution in [0.3, 0.4) is 0 Å². The first kappa shape index (κ1) is 102. The lowest BCUT2D eigenvalue weighted by molar-refractivity contribution is -0.138. The Kier molecular flexibility index (Phi) is 35.9. The largest absolute Gasteiger partial charge is 0.450 e. The van der Waals surface area contributed by atoms with Crippen molar-refractivity contribution in [1.82, 2.24) is 100 Å². The highest BCUT2D eigenvalue weighted by Crippen LogP contribution is 2.34. The molecule has 0 bridgehead atoms. The number of amides is 1. The SMILES string of the molecule is CNS(=O)(=O)c1ccc(CC(C)=O)c(-c2nnn(Cc3ccccc3F)n2)c1.CNS(=O)(=O)c1ccc(Cc2ccc(C(F)(F)F)cc2)c(-c2nnn(Cc3ccccc3F)n2)c1.CNS(=O)(=O)c1ccc(N)c(-c2nnn(Cc3ccccc3F)n2)c1.CNS(=O)(=O)c1ccc(NC(C)=O)c(-c2nn[nH]n2)c1.Fc1ccccc1CBr.O.O[B]c1ccc(C(F)(F)F)cc1. The second kappa shape index (κ2) is 45.7. The molecule has 11 N–H and O–H groups in total. The van der Waals surface area contributed by atoms with Crippen molar-refractivity contribution >= 4 is 92.0 Å². The van der Waals surface area contributed by atoms with Crippen molar-refractivity contribution in [2.45, 2.75) is 83.6 Å². The molecular formula is C80H77BBrF10N22O12S4. The first-order valence-corrected chi connectivity index (χ1v) is 44.3. The lowest BCUT2D eigenvalue weighted by Crippen LogP contribution is -2.19. The molecule has 14 rings (SSSR count). The quantitative estimate of drug-likeness (QED) is 0.0114. The first-order chi connectivity index (χ1) is 61.1. The number of carbonyl (C=O) groups is 2. The van der Waals surface area contributed by atoms with E-state index in [1.165, 1.54) is 166 Å². The van der Waals surface area contributed by atoms with Gasteiger partial charge in [-0.05, 0) is 182 Å². The number of hydrogen-bond donors (Lipinski definition) is 8. The fraction of sp³-hybridized carbons (Fsp3) is 0.175. The normalized spacial score (nSPS) is 11.4. The summed E-state index contributed by atoms with van der Waals surface area (Å²) in [6, 6.07) is 51.3. The van der Waals surface area contributed by atoms with E-state index in [0.717, 1.165) is 31.7 Å². The van der Waals surface area contributed by atoms with Crippen molar-refractivity contribution in [3.8, 4) is 45.6 Å². The van der Waals surface area contributed by atoms with E-state index in [2.05, 4.69) is 107 Å². The van der Waals surface area contributed by atoms with Gasteiger partial charge in [0.25, 0.3) is 0 Å². The van der Waals surface area contributed by atoms with Crippen LogP contribution >= 0.6 is 15.9 Å². The molecule has 0 saturated heterocycles. The van der Waals surface area contributed by atoms with Crippen LogP contribution < -0.4 is 35.4 Å². The highest BCUT2D eigenvalue weighted by Gasteiger charge is 2.32. The summed E-state index contributed by atoms with van der Waals surface area (Å²) in [5.74, 6) is -1.14. The molecule has 10 aromatic carbocycles. The predicted octanol–water partition coefficient (Wildman–Crippen LogP) is 9.20. The molecule has 0 atom stereocenters. The van der Waals surface area contributed by atoms with Gasteiger partial charge in [0.05, 0.1) is 56.0 Å². The number of anilines is 2. The van der Waals surface area contributed by atoms with Gasteiger partial charge in [0, 0.05) is 63.3 Å². The smallest absolute Gasteiger partial charge is 0.416 e. The van der Waals surface area contributed by atoms with E-state index in [1.54, 1.807) is 78.9 Å². The standard InChI is InChI=1S/C23H19F4N5O2S.C18H18FN5O3S.C15H15FN6O2S.C10H12N6O3S.C7H5BF3O.C7H6BrF.H2O/c1-28-35(33,34)19-11-8-16(12-15-6-9-18(10-7-15)23(25,26)27)20(13-19)22-29-31-32(30-22)14-17-4-2-3-5-21(17)24;1-12(25)9-13-7-8-15(28(26,27)20-2)10-16(13)18-21-23-24(22-18)11-14-5-3-4-6-17(14)19;1-18-25(23,24)11-6-7-14(17)12(8-11)15-19-21-22(20-15)9-10-4-2-3-5-13(10)16;1-6(17)12-9-4-3-7(20(18,19)11-2)5-8(9)10-13-15-16-14-10;9-7(10,11)5-1-3-6(8-12)4-2-5;8-5-6-3-1-2-4-7(6)9;/h2-11,13,28H,12,14H2,1H3;3-8,10,20H,9,11H2,1-2H3;2-8,18H,9,17H2,1H3;3-5,11H,1-2H3,(H,12,17)(H,13,14,15,16);1-4,12H;1-4H,5H2;1H2. The summed E-state index contributed by atoms with van der Waals surface area (Å²) in [6.07, 6.45) is -8.48. The Balaban J connectivity index is 0.000000201. The zero-order valence-corrected chi connectivity index (χ0v) is 73.6. The maximum Gasteiger partial charge on any atom is 0.416 e. The number of carbonyl (C=O) groups excluding carboxylic acids is 2. The Morgan fingerprint density at radius 1 is 0.446 bits per heavy atom. The third-order valence-electron chi connectivity index (χ3n) is 17.9. The van der Waals surface area contributed by atoms with Gasteiger partial charge in [-0.15, -0.1) is 40.8 Å². The molecule has 14 aromatic rings. The van der Waals surface area contributed by atoms with E-state index in [-0.39, 0.29) is 110 Å². The molecule has 0 aliphatic heterocycles. The number of tetrazole rings is 4. The number of Topliss-reactive ketones (excluding diaryl/α,β-unsaturated/α-hetero) is 1. The number of aromatic nitrogens is 16. The summed E-state index contributed by atoms with van der Waals surface area (Å²) in [7, 11) is -8.77. The Hall–Kier alpha value is -13.2. The highest BCUT2D eigenvalue weighted by atomic mass is 79.9. The van der Waals surface area contributed by atoms with Gasteiger partial charge >= 0.3 is 19.8 Å². The van der Waals surface area contributed by atoms with Crippen LogP contribution in [0.25, 0.3) is 45.6 Å². The van der Waals surface area contributed by atoms with Crippen molar-refractivity contribution in [2.24, 2.45) is 0 Å². The van der Waals surface area contributed by atoms with Crippen molar-refractivity contribution in [3.63, 3.8) is 0 Å². The van der Waals surface area contributed by atoms with Gasteiger partial charge in [-0.1, -0.05) is 143 Å². The number of nitrogens with two attached hydrogens (primary N) is 1. The molecule has 4 heterocycles. The van der Waals surface area contributed by atoms with E-state index in [9.17, 15) is 87.2 Å². The fourth-order valence-electron chi connectivity index (χ4n) is 11.2. The van der Waals surface area contributed by atoms with Crippen molar-refractivity contribution in [1.29, 1.82) is 0 Å². The number of halogens is 11. The molecule has 0 unspecified atom stereocenters. The summed E-state index contributed by atoms with van der Waals surface area (Å²) in [5, 5.41) is 61.1. The van der Waals surface area contributed by atoms with Gasteiger partial charge < -0.3 is 21.6 Å². The monoisotopic (exact) mass is 1950 g/mol. The van der Waals surface area contributed by atoms with Crippen LogP contribution in [0.2, 0.25) is 0 Å². The van der Waals surface area contributed by atoms with E-state index >= 15 is 0 Å². The average Bonchev–Trinajstić information content (AvgIpc) is 1.44. The number of alkyl halides is 7. The van der Waals surface area contributed by atoms with Gasteiger partial charge in [0.1, 0.15) is 29.1 Å². The van der Waals surface area contributed by atoms with E-state index in [1.807, 2.05) is 6.07 Å². The van der Waals surface area contributed by atoms with Crippen molar-refractivity contribution < 1.29 is 97.7 Å². The average molecular weight is 1950 g/mol. The van der Waals surface area contributed by atoms with Crippen LogP contribution in [0, 0.1) is 23.3 Å². The summed E-state index contributed by atoms with van der Waals surface area (Å²) in [4.78, 5) is 26.4. The molecule has 1 amide bonds. The lowest BCUT2D eigenvalue weighted by atomic mass is 9.88. The molecule has 34 nitrogen and oxygen atoms in total. The number of aromatic amines is 1. The third kappa shape index (κ3) is 28.4. The van der Waals surface area contributed by atoms with Gasteiger partial charge in [-0.2, -0.15) is 45.9 Å². The van der Waals surface area contributed by atoms with E-state index in [4.69, 9.17) is 10.8 Å². The number of nitrogens with zero attached hydrogens (tertiary/aromatic N) is 15. The van der Waals surface area contributed by atoms with Crippen molar-refractivity contribution in [3.05, 3.63) is 292 Å². The Morgan fingerprint density at radius 3 is 1.15 bits per heavy atom. The maximum atomic E-state index is 14.0. The molecule has 50 heteroatoms. The van der Waals surface area contributed by atoms with Crippen LogP contribution in [-0.2, 0) is 99.8 Å². The number of sulfonamides is 4. The molecule has 1 radical (unpaired) electrons. The number of rotatable bonds is 25. The van der Waals surface area contributed by atoms with Gasteiger partial charge in [-0.25, -0.2) is 70.1 Å². The molecule has 130 heavy (non-hydrogen) atoms. The molecule has 0 fully saturated rings. The van der Waals surface area contributed by atoms with Crippen LogP contribution in [0.5, 0.6) is 0 Å². The number of H-pyrrole nitrogens is 1. The molecule has 0 spiro atoms. The fourth-order valence-corrected chi connectivity index (χ4v) is 14.7. The summed E-state index contributed by atoms with van der Waals surface area (Å²) >= 11 is 3.17. The van der Waals surface area contributed by atoms with Gasteiger partial charge in [0.2, 0.25) is 69.3 Å². The molecule has 0 saturated carbocycles. The lowest BCUT2D eigenvalue weighted by Gasteiger charge is -2.11. The first-order valence-electron chi connectivity index (χ1n) is 37.3. The van der Waals surface area contributed by atoms with Gasteiger partial charge in [-0.3, -0.25) is 9.59 Å². The Labute approximate surface area is 745 Å². The summed E-state index contributed by atoms with van der Waals surface area (Å²) in [6.45, 7) is 2.94. The minimum absolute atomic E-state index is 0. The Morgan fingerprint density at radius 2 is 0.800 bits per heavy atom. The third-order valence-corrected chi connectivity index (χ3v) is 24.1. The highest BCUT2D eigenvalue weighted by molar-refractivity contribution is 9.08. The second-order valence-electron chi connectivity index (χ2n) is 26.8. The predicted molar refractivity (Wildman–Crippen MR) is 460 cm³/mol. The van der Waals surface area contributed by atoms with Crippen molar-refractivity contribution in [2.75, 3.05) is 39.2 Å². The zero-order chi connectivity index (χ0) is 94.2. The minimum Gasteiger partial charge on any atom is -0.450 e. The molecule has 4 aromatic heterocycles. The second-order valence-corrected chi connectivity index (χ2v) is 34.9. The number of nitrogen functional groups attached to an aromatic ring is 1. The number of benzene rings is 10. The number of hydrogen-bond acceptors (Lipinski definition) is 24. The zero-order valence-electron chi connectivity index (χ0n) is 68.7. The molecule has 683 valence electrons. The van der Waals surface area contributed by atoms with E-state index < -0.39 is 69.4 Å². The maximum absolute atomic E-state index is 14.0. The summed E-state index contributed by atoms with van der Waals surface area (Å²) in [5.41, 5.74) is 10.4. The summed E-state index contributed by atoms with van der Waals surface area (Å²) < 4.78 is 234. The minimum atomic E-state index is -4.45. The molecular weight excluding hydrogens is 1870 g/mol. The van der Waals surface area contributed by atoms with Crippen LogP contribution in [0.1, 0.15) is 63.9 Å². The van der Waals surface area contributed by atoms with Gasteiger partial charge in [0.15, 0.2) is 0 Å². The van der Waals surface area contributed by atoms with Crippen LogP contribution in [-0.4, -0.2) is 173 Å². The number of ketones is 1. The number of nitrogens with one attached hydrogen (secondary N) is 6. The van der Waals surface area contributed by atoms with Crippen LogP contribution in [0.15, 0.2) is 238 Å². The molecule has 0 aliphatic rings.